The van der Waals surface area contributed by atoms with E-state index >= 15 is 0 Å². The van der Waals surface area contributed by atoms with E-state index in [1.807, 2.05) is 10.5 Å². The molecule has 1 aromatic carbocycles. The normalized spacial score (nSPS) is 11.1. The lowest BCUT2D eigenvalue weighted by Gasteiger charge is -2.08. The van der Waals surface area contributed by atoms with Crippen LogP contribution in [0.15, 0.2) is 30.6 Å². The van der Waals surface area contributed by atoms with E-state index in [0.29, 0.717) is 10.8 Å². The first-order valence-corrected chi connectivity index (χ1v) is 5.97. The zero-order valence-corrected chi connectivity index (χ0v) is 10.8. The van der Waals surface area contributed by atoms with Crippen LogP contribution in [0.2, 0.25) is 5.15 Å². The lowest BCUT2D eigenvalue weighted by Crippen LogP contribution is -1.96. The van der Waals surface area contributed by atoms with Gasteiger partial charge in [0.2, 0.25) is 0 Å². The highest BCUT2D eigenvalue weighted by molar-refractivity contribution is 6.29. The molecule has 0 N–H and O–H groups in total. The second-order valence-corrected chi connectivity index (χ2v) is 4.60. The average molecular weight is 259 g/mol. The highest BCUT2D eigenvalue weighted by Gasteiger charge is 2.14. The number of halogens is 1. The summed E-state index contributed by atoms with van der Waals surface area (Å²) in [6, 6.07) is 6.14. The molecule has 5 heteroatoms. The van der Waals surface area contributed by atoms with Crippen molar-refractivity contribution < 1.29 is 0 Å². The van der Waals surface area contributed by atoms with Crippen LogP contribution in [0.3, 0.4) is 0 Å². The molecule has 0 saturated heterocycles. The number of rotatable bonds is 1. The summed E-state index contributed by atoms with van der Waals surface area (Å²) in [4.78, 5) is 4.01. The molecule has 3 rings (SSSR count). The molecule has 3 aromatic rings. The zero-order valence-electron chi connectivity index (χ0n) is 10.1. The van der Waals surface area contributed by atoms with Crippen LogP contribution in [0.5, 0.6) is 0 Å². The van der Waals surface area contributed by atoms with E-state index in [2.05, 4.69) is 41.2 Å². The van der Waals surface area contributed by atoms with Gasteiger partial charge in [0.15, 0.2) is 11.5 Å². The van der Waals surface area contributed by atoms with Crippen LogP contribution in [-0.2, 0) is 0 Å². The second-order valence-electron chi connectivity index (χ2n) is 4.21. The zero-order chi connectivity index (χ0) is 12.7. The topological polar surface area (TPSA) is 43.1 Å². The first kappa shape index (κ1) is 11.2. The number of hydrogen-bond acceptors (Lipinski definition) is 3. The van der Waals surface area contributed by atoms with Gasteiger partial charge in [-0.2, -0.15) is 0 Å². The number of aromatic nitrogens is 4. The Labute approximate surface area is 109 Å². The summed E-state index contributed by atoms with van der Waals surface area (Å²) in [5, 5.41) is 8.85. The first-order chi connectivity index (χ1) is 8.68. The minimum absolute atomic E-state index is 0.509. The summed E-state index contributed by atoms with van der Waals surface area (Å²) >= 11 is 6.18. The maximum absolute atomic E-state index is 6.18. The molecule has 0 bridgehead atoms. The molecule has 2 heterocycles. The van der Waals surface area contributed by atoms with Crippen molar-refractivity contribution in [3.63, 3.8) is 0 Å². The number of fused-ring (bicyclic) bond motifs is 1. The van der Waals surface area contributed by atoms with Gasteiger partial charge in [-0.05, 0) is 25.0 Å². The van der Waals surface area contributed by atoms with E-state index in [1.165, 1.54) is 0 Å². The van der Waals surface area contributed by atoms with Gasteiger partial charge in [-0.15, -0.1) is 10.2 Å². The molecule has 18 heavy (non-hydrogen) atoms. The Bertz CT molecular complexity index is 713. The quantitative estimate of drug-likeness (QED) is 0.674. The van der Waals surface area contributed by atoms with Crippen molar-refractivity contribution in [3.05, 3.63) is 46.9 Å². The Kier molecular flexibility index (Phi) is 2.52. The van der Waals surface area contributed by atoms with E-state index in [4.69, 9.17) is 11.6 Å². The molecule has 0 unspecified atom stereocenters. The van der Waals surface area contributed by atoms with Crippen molar-refractivity contribution in [2.45, 2.75) is 13.8 Å². The molecule has 0 aliphatic rings. The lowest BCUT2D eigenvalue weighted by molar-refractivity contribution is 1.10. The summed E-state index contributed by atoms with van der Waals surface area (Å²) in [6.07, 6.45) is 3.24. The monoisotopic (exact) mass is 258 g/mol. The van der Waals surface area contributed by atoms with Gasteiger partial charge in [0, 0.05) is 5.56 Å². The van der Waals surface area contributed by atoms with Crippen LogP contribution in [-0.4, -0.2) is 19.6 Å². The summed E-state index contributed by atoms with van der Waals surface area (Å²) in [7, 11) is 0. The SMILES string of the molecule is Cc1cccc(C)c1-c1nnc2cncc(Cl)n12. The standard InChI is InChI=1S/C13H11ClN4/c1-8-4-3-5-9(2)12(8)13-17-16-11-7-15-6-10(14)18(11)13/h3-7H,1-2H3. The summed E-state index contributed by atoms with van der Waals surface area (Å²) in [5.41, 5.74) is 4.02. The van der Waals surface area contributed by atoms with E-state index in [9.17, 15) is 0 Å². The van der Waals surface area contributed by atoms with Crippen molar-refractivity contribution in [3.8, 4) is 11.4 Å². The Morgan fingerprint density at radius 1 is 1.06 bits per heavy atom. The fraction of sp³-hybridized carbons (Fsp3) is 0.154. The minimum Gasteiger partial charge on any atom is -0.262 e. The van der Waals surface area contributed by atoms with Crippen molar-refractivity contribution in [1.29, 1.82) is 0 Å². The number of hydrogen-bond donors (Lipinski definition) is 0. The van der Waals surface area contributed by atoms with E-state index in [-0.39, 0.29) is 0 Å². The molecule has 0 amide bonds. The molecule has 90 valence electrons. The molecule has 4 nitrogen and oxygen atoms in total. The molecule has 2 aromatic heterocycles. The van der Waals surface area contributed by atoms with Gasteiger partial charge in [0.1, 0.15) is 5.15 Å². The van der Waals surface area contributed by atoms with Crippen LogP contribution in [0, 0.1) is 13.8 Å². The Morgan fingerprint density at radius 3 is 2.50 bits per heavy atom. The lowest BCUT2D eigenvalue weighted by atomic mass is 10.0. The molecule has 0 radical (unpaired) electrons. The highest BCUT2D eigenvalue weighted by Crippen LogP contribution is 2.27. The number of nitrogens with zero attached hydrogens (tertiary/aromatic N) is 4. The Balaban J connectivity index is 2.39. The Morgan fingerprint density at radius 2 is 1.78 bits per heavy atom. The van der Waals surface area contributed by atoms with E-state index in [1.54, 1.807) is 12.4 Å². The molecular formula is C13H11ClN4. The van der Waals surface area contributed by atoms with Crippen molar-refractivity contribution in [1.82, 2.24) is 19.6 Å². The third kappa shape index (κ3) is 1.57. The van der Waals surface area contributed by atoms with Gasteiger partial charge in [-0.1, -0.05) is 29.8 Å². The predicted molar refractivity (Wildman–Crippen MR) is 70.7 cm³/mol. The fourth-order valence-electron chi connectivity index (χ4n) is 2.14. The minimum atomic E-state index is 0.509. The summed E-state index contributed by atoms with van der Waals surface area (Å²) in [5.74, 6) is 0.757. The van der Waals surface area contributed by atoms with Crippen LogP contribution in [0.25, 0.3) is 17.0 Å². The molecule has 0 spiro atoms. The summed E-state index contributed by atoms with van der Waals surface area (Å²) < 4.78 is 1.81. The third-order valence-corrected chi connectivity index (χ3v) is 3.24. The average Bonchev–Trinajstić information content (AvgIpc) is 2.74. The van der Waals surface area contributed by atoms with Crippen molar-refractivity contribution in [2.24, 2.45) is 0 Å². The molecule has 0 atom stereocenters. The highest BCUT2D eigenvalue weighted by atomic mass is 35.5. The number of benzene rings is 1. The second kappa shape index (κ2) is 4.07. The van der Waals surface area contributed by atoms with Gasteiger partial charge in [0.25, 0.3) is 0 Å². The van der Waals surface area contributed by atoms with Crippen molar-refractivity contribution in [2.75, 3.05) is 0 Å². The number of aryl methyl sites for hydroxylation is 2. The Hall–Kier alpha value is -1.94. The van der Waals surface area contributed by atoms with E-state index in [0.717, 1.165) is 22.5 Å². The maximum atomic E-state index is 6.18. The van der Waals surface area contributed by atoms with Gasteiger partial charge >= 0.3 is 0 Å². The van der Waals surface area contributed by atoms with Gasteiger partial charge in [-0.3, -0.25) is 9.38 Å². The van der Waals surface area contributed by atoms with Crippen LogP contribution in [0.1, 0.15) is 11.1 Å². The van der Waals surface area contributed by atoms with Crippen LogP contribution in [0.4, 0.5) is 0 Å². The first-order valence-electron chi connectivity index (χ1n) is 5.59. The molecule has 0 saturated carbocycles. The van der Waals surface area contributed by atoms with Crippen molar-refractivity contribution >= 4 is 17.2 Å². The van der Waals surface area contributed by atoms with Gasteiger partial charge < -0.3 is 0 Å². The van der Waals surface area contributed by atoms with Crippen LogP contribution >= 0.6 is 11.6 Å². The molecule has 0 fully saturated rings. The van der Waals surface area contributed by atoms with Gasteiger partial charge in [0.05, 0.1) is 12.4 Å². The fourth-order valence-corrected chi connectivity index (χ4v) is 2.37. The predicted octanol–water partition coefficient (Wildman–Crippen LogP) is 3.06. The third-order valence-electron chi connectivity index (χ3n) is 2.98. The molecular weight excluding hydrogens is 248 g/mol. The summed E-state index contributed by atoms with van der Waals surface area (Å²) in [6.45, 7) is 4.11. The van der Waals surface area contributed by atoms with Crippen LogP contribution < -0.4 is 0 Å². The van der Waals surface area contributed by atoms with E-state index < -0.39 is 0 Å². The van der Waals surface area contributed by atoms with Gasteiger partial charge in [-0.25, -0.2) is 0 Å². The molecule has 0 aliphatic carbocycles. The maximum Gasteiger partial charge on any atom is 0.180 e. The largest absolute Gasteiger partial charge is 0.262 e. The molecule has 0 aliphatic heterocycles. The smallest absolute Gasteiger partial charge is 0.180 e.